The standard InChI is InChI=1S/C10H6Br2N2O2/c11-6-3-1-5(2-4-6)8-13-9(15)7(12)10(16)14-8/h1-4H,(H2,13,14,15,16). The van der Waals surface area contributed by atoms with Gasteiger partial charge in [-0.2, -0.15) is 4.98 Å². The fourth-order valence-electron chi connectivity index (χ4n) is 1.19. The fourth-order valence-corrected chi connectivity index (χ4v) is 1.64. The third-order valence-electron chi connectivity index (χ3n) is 1.96. The maximum Gasteiger partial charge on any atom is 0.269 e. The number of nitrogens with zero attached hydrogens (tertiary/aromatic N) is 1. The summed E-state index contributed by atoms with van der Waals surface area (Å²) in [6.45, 7) is 0. The van der Waals surface area contributed by atoms with Crippen LogP contribution in [-0.2, 0) is 0 Å². The molecule has 0 saturated carbocycles. The molecule has 0 amide bonds. The highest BCUT2D eigenvalue weighted by Gasteiger charge is 2.08. The van der Waals surface area contributed by atoms with Crippen molar-refractivity contribution in [3.63, 3.8) is 0 Å². The van der Waals surface area contributed by atoms with Gasteiger partial charge in [0.05, 0.1) is 0 Å². The van der Waals surface area contributed by atoms with Gasteiger partial charge in [0.2, 0.25) is 5.88 Å². The zero-order chi connectivity index (χ0) is 11.7. The Labute approximate surface area is 108 Å². The van der Waals surface area contributed by atoms with E-state index in [1.54, 1.807) is 12.1 Å². The van der Waals surface area contributed by atoms with Crippen LogP contribution in [0.5, 0.6) is 5.88 Å². The number of nitrogens with one attached hydrogen (secondary N) is 1. The van der Waals surface area contributed by atoms with E-state index >= 15 is 0 Å². The minimum atomic E-state index is -0.412. The Hall–Kier alpha value is -1.14. The minimum absolute atomic E-state index is 0.0355. The molecule has 82 valence electrons. The molecule has 0 aliphatic carbocycles. The average molecular weight is 346 g/mol. The number of benzene rings is 1. The van der Waals surface area contributed by atoms with Gasteiger partial charge in [-0.1, -0.05) is 28.1 Å². The van der Waals surface area contributed by atoms with Gasteiger partial charge in [-0.15, -0.1) is 0 Å². The van der Waals surface area contributed by atoms with Crippen LogP contribution in [0.1, 0.15) is 0 Å². The van der Waals surface area contributed by atoms with Crippen LogP contribution in [0.2, 0.25) is 0 Å². The monoisotopic (exact) mass is 344 g/mol. The van der Waals surface area contributed by atoms with Crippen molar-refractivity contribution in [2.75, 3.05) is 0 Å². The number of hydrogen-bond acceptors (Lipinski definition) is 3. The molecule has 2 N–H and O–H groups in total. The van der Waals surface area contributed by atoms with Crippen LogP contribution < -0.4 is 5.56 Å². The Morgan fingerprint density at radius 1 is 1.19 bits per heavy atom. The molecule has 0 aliphatic heterocycles. The molecular formula is C10H6Br2N2O2. The van der Waals surface area contributed by atoms with Gasteiger partial charge >= 0.3 is 0 Å². The molecule has 6 heteroatoms. The average Bonchev–Trinajstić information content (AvgIpc) is 2.26. The van der Waals surface area contributed by atoms with Gasteiger partial charge in [-0.3, -0.25) is 4.79 Å². The first-order valence-corrected chi connectivity index (χ1v) is 5.91. The summed E-state index contributed by atoms with van der Waals surface area (Å²) in [6.07, 6.45) is 0. The van der Waals surface area contributed by atoms with Gasteiger partial charge in [0.15, 0.2) is 0 Å². The highest BCUT2D eigenvalue weighted by Crippen LogP contribution is 2.21. The van der Waals surface area contributed by atoms with Gasteiger partial charge in [-0.05, 0) is 28.1 Å². The summed E-state index contributed by atoms with van der Waals surface area (Å²) >= 11 is 6.24. The highest BCUT2D eigenvalue weighted by molar-refractivity contribution is 9.10. The van der Waals surface area contributed by atoms with E-state index in [0.717, 1.165) is 10.0 Å². The largest absolute Gasteiger partial charge is 0.492 e. The van der Waals surface area contributed by atoms with Crippen molar-refractivity contribution in [2.24, 2.45) is 0 Å². The van der Waals surface area contributed by atoms with E-state index in [-0.39, 0.29) is 10.4 Å². The van der Waals surface area contributed by atoms with Crippen molar-refractivity contribution in [3.8, 4) is 17.3 Å². The molecule has 1 aromatic carbocycles. The lowest BCUT2D eigenvalue weighted by Crippen LogP contribution is -2.09. The first-order valence-electron chi connectivity index (χ1n) is 4.32. The van der Waals surface area contributed by atoms with Crippen LogP contribution in [0, 0.1) is 0 Å². The van der Waals surface area contributed by atoms with Crippen molar-refractivity contribution in [2.45, 2.75) is 0 Å². The lowest BCUT2D eigenvalue weighted by atomic mass is 10.2. The van der Waals surface area contributed by atoms with Crippen molar-refractivity contribution in [1.29, 1.82) is 0 Å². The van der Waals surface area contributed by atoms with Gasteiger partial charge in [0, 0.05) is 10.0 Å². The smallest absolute Gasteiger partial charge is 0.269 e. The second-order valence-electron chi connectivity index (χ2n) is 3.06. The number of halogens is 2. The second kappa shape index (κ2) is 4.39. The highest BCUT2D eigenvalue weighted by atomic mass is 79.9. The Bertz CT molecular complexity index is 578. The molecule has 16 heavy (non-hydrogen) atoms. The van der Waals surface area contributed by atoms with Crippen LogP contribution in [0.4, 0.5) is 0 Å². The molecule has 1 heterocycles. The van der Waals surface area contributed by atoms with Crippen molar-refractivity contribution < 1.29 is 5.11 Å². The molecule has 4 nitrogen and oxygen atoms in total. The van der Waals surface area contributed by atoms with Crippen LogP contribution in [0.15, 0.2) is 38.0 Å². The molecule has 0 aliphatic rings. The van der Waals surface area contributed by atoms with Gasteiger partial charge < -0.3 is 10.1 Å². The lowest BCUT2D eigenvalue weighted by molar-refractivity contribution is 0.448. The zero-order valence-corrected chi connectivity index (χ0v) is 11.0. The van der Waals surface area contributed by atoms with Crippen molar-refractivity contribution in [1.82, 2.24) is 9.97 Å². The molecule has 0 atom stereocenters. The lowest BCUT2D eigenvalue weighted by Gasteiger charge is -2.02. The summed E-state index contributed by atoms with van der Waals surface area (Å²) in [6, 6.07) is 7.23. The Balaban J connectivity index is 2.57. The number of hydrogen-bond donors (Lipinski definition) is 2. The zero-order valence-electron chi connectivity index (χ0n) is 7.87. The molecule has 0 saturated heterocycles. The molecular weight excluding hydrogens is 340 g/mol. The first kappa shape index (κ1) is 11.3. The van der Waals surface area contributed by atoms with Crippen LogP contribution >= 0.6 is 31.9 Å². The van der Waals surface area contributed by atoms with E-state index in [1.165, 1.54) is 0 Å². The SMILES string of the molecule is O=c1[nH]c(-c2ccc(Br)cc2)nc(O)c1Br. The van der Waals surface area contributed by atoms with E-state index in [0.29, 0.717) is 5.82 Å². The second-order valence-corrected chi connectivity index (χ2v) is 4.77. The summed E-state index contributed by atoms with van der Waals surface area (Å²) in [5.74, 6) is 0.0138. The van der Waals surface area contributed by atoms with Crippen LogP contribution in [0.3, 0.4) is 0 Å². The third-order valence-corrected chi connectivity index (χ3v) is 3.21. The third kappa shape index (κ3) is 2.17. The van der Waals surface area contributed by atoms with E-state index in [9.17, 15) is 9.90 Å². The number of H-pyrrole nitrogens is 1. The summed E-state index contributed by atoms with van der Waals surface area (Å²) in [4.78, 5) is 17.8. The minimum Gasteiger partial charge on any atom is -0.492 e. The molecule has 0 fully saturated rings. The Morgan fingerprint density at radius 2 is 1.81 bits per heavy atom. The number of aromatic amines is 1. The summed E-state index contributed by atoms with van der Waals surface area (Å²) in [5, 5.41) is 9.41. The quantitative estimate of drug-likeness (QED) is 0.835. The number of aromatic hydroxyl groups is 1. The number of aromatic nitrogens is 2. The van der Waals surface area contributed by atoms with Crippen LogP contribution in [0.25, 0.3) is 11.4 Å². The summed E-state index contributed by atoms with van der Waals surface area (Å²) in [7, 11) is 0. The van der Waals surface area contributed by atoms with E-state index in [1.807, 2.05) is 12.1 Å². The van der Waals surface area contributed by atoms with Gasteiger partial charge in [0.1, 0.15) is 10.3 Å². The first-order chi connectivity index (χ1) is 7.58. The van der Waals surface area contributed by atoms with E-state index in [2.05, 4.69) is 41.8 Å². The maximum absolute atomic E-state index is 11.4. The Kier molecular flexibility index (Phi) is 3.11. The Morgan fingerprint density at radius 3 is 2.38 bits per heavy atom. The predicted octanol–water partition coefficient (Wildman–Crippen LogP) is 2.67. The van der Waals surface area contributed by atoms with Crippen molar-refractivity contribution >= 4 is 31.9 Å². The molecule has 2 rings (SSSR count). The normalized spacial score (nSPS) is 10.4. The molecule has 2 aromatic rings. The van der Waals surface area contributed by atoms with Crippen molar-refractivity contribution in [3.05, 3.63) is 43.6 Å². The van der Waals surface area contributed by atoms with Gasteiger partial charge in [-0.25, -0.2) is 0 Å². The summed E-state index contributed by atoms with van der Waals surface area (Å²) < 4.78 is 0.966. The molecule has 0 bridgehead atoms. The topological polar surface area (TPSA) is 66.0 Å². The molecule has 0 spiro atoms. The van der Waals surface area contributed by atoms with E-state index in [4.69, 9.17) is 0 Å². The fraction of sp³-hybridized carbons (Fsp3) is 0. The van der Waals surface area contributed by atoms with E-state index < -0.39 is 5.56 Å². The van der Waals surface area contributed by atoms with Gasteiger partial charge in [0.25, 0.3) is 5.56 Å². The molecule has 0 radical (unpaired) electrons. The summed E-state index contributed by atoms with van der Waals surface area (Å²) in [5.41, 5.74) is 0.313. The number of rotatable bonds is 1. The maximum atomic E-state index is 11.4. The molecule has 1 aromatic heterocycles. The van der Waals surface area contributed by atoms with Crippen LogP contribution in [-0.4, -0.2) is 15.1 Å². The predicted molar refractivity (Wildman–Crippen MR) is 67.4 cm³/mol. The molecule has 0 unspecified atom stereocenters.